The summed E-state index contributed by atoms with van der Waals surface area (Å²) in [5.41, 5.74) is -0.878. The maximum absolute atomic E-state index is 15.1. The van der Waals surface area contributed by atoms with Crippen LogP contribution in [0.3, 0.4) is 0 Å². The smallest absolute Gasteiger partial charge is 0.382 e. The highest BCUT2D eigenvalue weighted by Gasteiger charge is 2.41. The molecule has 1 heterocycles. The first-order valence-corrected chi connectivity index (χ1v) is 13.3. The first-order valence-electron chi connectivity index (χ1n) is 17.8. The Morgan fingerprint density at radius 1 is 0.976 bits per heavy atom. The quantitative estimate of drug-likeness (QED) is 0.286. The van der Waals surface area contributed by atoms with Gasteiger partial charge in [-0.2, -0.15) is 13.2 Å². The highest BCUT2D eigenvalue weighted by atomic mass is 19.4. The van der Waals surface area contributed by atoms with Gasteiger partial charge in [0.05, 0.1) is 24.5 Å². The molecule has 5 rings (SSSR count). The number of alkyl halides is 3. The number of nitrogens with zero attached hydrogens (tertiary/aromatic N) is 1. The highest BCUT2D eigenvalue weighted by Crippen LogP contribution is 2.40. The lowest BCUT2D eigenvalue weighted by molar-refractivity contribution is -0.138. The number of carbonyl (C=O) groups is 2. The van der Waals surface area contributed by atoms with E-state index < -0.39 is 72.8 Å². The Kier molecular flexibility index (Phi) is 5.82. The molecular formula is C33H35F4N3O2. The van der Waals surface area contributed by atoms with Crippen LogP contribution in [-0.4, -0.2) is 29.3 Å². The third-order valence-corrected chi connectivity index (χ3v) is 7.43. The normalized spacial score (nSPS) is 28.2. The molecule has 1 saturated carbocycles. The Labute approximate surface area is 255 Å². The van der Waals surface area contributed by atoms with Crippen molar-refractivity contribution in [1.82, 2.24) is 4.90 Å². The van der Waals surface area contributed by atoms with E-state index in [4.69, 9.17) is 12.3 Å². The Morgan fingerprint density at radius 3 is 2.33 bits per heavy atom. The zero-order chi connectivity index (χ0) is 38.1. The third-order valence-electron chi connectivity index (χ3n) is 7.43. The molecule has 222 valence electrons. The summed E-state index contributed by atoms with van der Waals surface area (Å²) in [5, 5.41) is 4.87. The fourth-order valence-corrected chi connectivity index (χ4v) is 5.39. The highest BCUT2D eigenvalue weighted by molar-refractivity contribution is 5.98. The molecule has 2 N–H and O–H groups in total. The molecule has 2 aliphatic rings. The lowest BCUT2D eigenvalue weighted by atomic mass is 9.83. The number of anilines is 2. The van der Waals surface area contributed by atoms with Crippen molar-refractivity contribution in [3.63, 3.8) is 0 Å². The average Bonchev–Trinajstić information content (AvgIpc) is 3.09. The van der Waals surface area contributed by atoms with Crippen molar-refractivity contribution >= 4 is 23.2 Å². The first-order chi connectivity index (χ1) is 23.4. The van der Waals surface area contributed by atoms with E-state index in [0.29, 0.717) is 5.56 Å². The van der Waals surface area contributed by atoms with Gasteiger partial charge >= 0.3 is 6.18 Å². The monoisotopic (exact) mass is 590 g/mol. The van der Waals surface area contributed by atoms with Crippen molar-refractivity contribution in [2.75, 3.05) is 17.2 Å². The number of piperidine rings is 1. The minimum atomic E-state index is -4.68. The van der Waals surface area contributed by atoms with Crippen LogP contribution in [0.2, 0.25) is 0 Å². The molecule has 3 aromatic carbocycles. The minimum Gasteiger partial charge on any atom is -0.382 e. The number of benzene rings is 3. The largest absolute Gasteiger partial charge is 0.416 e. The van der Waals surface area contributed by atoms with Crippen LogP contribution in [0, 0.1) is 25.6 Å². The second kappa shape index (κ2) is 12.2. The van der Waals surface area contributed by atoms with E-state index in [1.54, 1.807) is 0 Å². The molecule has 1 saturated heterocycles. The molecule has 2 fully saturated rings. The van der Waals surface area contributed by atoms with Gasteiger partial charge in [-0.15, -0.1) is 0 Å². The van der Waals surface area contributed by atoms with Gasteiger partial charge in [-0.05, 0) is 86.5 Å². The molecule has 0 unspecified atom stereocenters. The van der Waals surface area contributed by atoms with Gasteiger partial charge in [0.2, 0.25) is 5.91 Å². The second-order valence-electron chi connectivity index (χ2n) is 10.3. The standard InChI is InChI=1S/C33H35F4N3O2/c1-20-12-15-25(19-27(20)33(35,36)37)39-31(41)26-10-6-18-40(32(42)29-21(2)7-5-11-28(29)34)30(26)22-13-16-24(17-14-22)38-23-8-3-4-9-23/h5,7,11-17,19,23,26,30,38H,3-4,6,8-10,18H2,1-2H3,(H,39,41)/t26-,30-/m0/s1/i3D2,4D2,8D2,9D2,23D. The van der Waals surface area contributed by atoms with E-state index in [0.717, 1.165) is 12.1 Å². The van der Waals surface area contributed by atoms with Crippen LogP contribution in [0.5, 0.6) is 0 Å². The van der Waals surface area contributed by atoms with Crippen molar-refractivity contribution in [1.29, 1.82) is 0 Å². The number of carbonyl (C=O) groups excluding carboxylic acids is 2. The van der Waals surface area contributed by atoms with Crippen molar-refractivity contribution in [2.45, 2.75) is 70.4 Å². The van der Waals surface area contributed by atoms with Crippen LogP contribution in [0.15, 0.2) is 60.7 Å². The van der Waals surface area contributed by atoms with Gasteiger partial charge in [-0.1, -0.05) is 43.1 Å². The molecule has 0 bridgehead atoms. The Hall–Kier alpha value is -3.88. The summed E-state index contributed by atoms with van der Waals surface area (Å²) in [6, 6.07) is 8.42. The van der Waals surface area contributed by atoms with Gasteiger partial charge in [0.1, 0.15) is 5.82 Å². The molecule has 0 spiro atoms. The molecule has 0 aromatic heterocycles. The van der Waals surface area contributed by atoms with Gasteiger partial charge in [-0.25, -0.2) is 4.39 Å². The summed E-state index contributed by atoms with van der Waals surface area (Å²) in [6.07, 6.45) is -17.9. The Bertz CT molecular complexity index is 1810. The number of halogens is 4. The number of rotatable bonds is 6. The van der Waals surface area contributed by atoms with Gasteiger partial charge in [-0.3, -0.25) is 9.59 Å². The van der Waals surface area contributed by atoms with Crippen molar-refractivity contribution < 1.29 is 39.5 Å². The predicted octanol–water partition coefficient (Wildman–Crippen LogP) is 8.05. The van der Waals surface area contributed by atoms with E-state index in [9.17, 15) is 22.8 Å². The summed E-state index contributed by atoms with van der Waals surface area (Å²) in [4.78, 5) is 29.1. The first kappa shape index (κ1) is 20.1. The number of likely N-dealkylation sites (tertiary alicyclic amines) is 1. The van der Waals surface area contributed by atoms with Gasteiger partial charge < -0.3 is 15.5 Å². The zero-order valence-electron chi connectivity index (χ0n) is 31.8. The molecule has 2 atom stereocenters. The Morgan fingerprint density at radius 2 is 1.67 bits per heavy atom. The average molecular weight is 591 g/mol. The van der Waals surface area contributed by atoms with E-state index in [-0.39, 0.29) is 47.5 Å². The summed E-state index contributed by atoms with van der Waals surface area (Å²) < 4.78 is 130. The second-order valence-corrected chi connectivity index (χ2v) is 10.3. The number of nitrogens with one attached hydrogen (secondary N) is 2. The molecule has 3 aromatic rings. The van der Waals surface area contributed by atoms with Crippen molar-refractivity contribution in [2.24, 2.45) is 5.92 Å². The lowest BCUT2D eigenvalue weighted by Crippen LogP contribution is -2.46. The van der Waals surface area contributed by atoms with E-state index in [2.05, 4.69) is 10.6 Å². The number of amides is 2. The molecule has 2 amide bonds. The molecule has 42 heavy (non-hydrogen) atoms. The van der Waals surface area contributed by atoms with Crippen LogP contribution >= 0.6 is 0 Å². The molecular weight excluding hydrogens is 546 g/mol. The van der Waals surface area contributed by atoms with Crippen LogP contribution in [-0.2, 0) is 11.0 Å². The van der Waals surface area contributed by atoms with Crippen molar-refractivity contribution in [3.05, 3.63) is 94.3 Å². The maximum atomic E-state index is 15.1. The lowest BCUT2D eigenvalue weighted by Gasteiger charge is -2.41. The number of hydrogen-bond donors (Lipinski definition) is 2. The number of hydrogen-bond acceptors (Lipinski definition) is 3. The fourth-order valence-electron chi connectivity index (χ4n) is 5.39. The molecule has 5 nitrogen and oxygen atoms in total. The van der Waals surface area contributed by atoms with Crippen LogP contribution in [0.1, 0.15) is 89.3 Å². The minimum absolute atomic E-state index is 0.0535. The molecule has 9 heteroatoms. The summed E-state index contributed by atoms with van der Waals surface area (Å²) in [5.74, 6) is -3.33. The van der Waals surface area contributed by atoms with E-state index in [1.807, 2.05) is 0 Å². The van der Waals surface area contributed by atoms with Crippen molar-refractivity contribution in [3.8, 4) is 0 Å². The third kappa shape index (κ3) is 6.30. The molecule has 1 aliphatic carbocycles. The van der Waals surface area contributed by atoms with Crippen LogP contribution < -0.4 is 10.6 Å². The fraction of sp³-hybridized carbons (Fsp3) is 0.394. The SMILES string of the molecule is [2H]C1([2H])C([2H])([2H])C([2H])([2H])C([2H])(Nc2ccc([C@H]3[C@@H](C(=O)Nc4ccc(C)c(C(F)(F)F)c4)CCCN3C(=O)c3c(C)cccc3F)cc2)C1([2H])[2H]. The summed E-state index contributed by atoms with van der Waals surface area (Å²) >= 11 is 0. The summed E-state index contributed by atoms with van der Waals surface area (Å²) in [6.45, 7) is 2.89. The summed E-state index contributed by atoms with van der Waals surface area (Å²) in [7, 11) is 0. The van der Waals surface area contributed by atoms with Gasteiger partial charge in [0.15, 0.2) is 0 Å². The van der Waals surface area contributed by atoms with Crippen LogP contribution in [0.25, 0.3) is 0 Å². The predicted molar refractivity (Wildman–Crippen MR) is 155 cm³/mol. The van der Waals surface area contributed by atoms with E-state index >= 15 is 4.39 Å². The molecule has 0 radical (unpaired) electrons. The molecule has 1 aliphatic heterocycles. The van der Waals surface area contributed by atoms with Crippen LogP contribution in [0.4, 0.5) is 28.9 Å². The van der Waals surface area contributed by atoms with Gasteiger partial charge in [0.25, 0.3) is 5.91 Å². The maximum Gasteiger partial charge on any atom is 0.416 e. The van der Waals surface area contributed by atoms with Gasteiger partial charge in [0, 0.05) is 34.9 Å². The number of aryl methyl sites for hydroxylation is 2. The Balaban J connectivity index is 1.54. The van der Waals surface area contributed by atoms with E-state index in [1.165, 1.54) is 67.3 Å². The zero-order valence-corrected chi connectivity index (χ0v) is 22.8. The topological polar surface area (TPSA) is 61.4 Å².